The third kappa shape index (κ3) is 2.21. The fraction of sp³-hybridized carbons (Fsp3) is 0.889. The zero-order valence-electron chi connectivity index (χ0n) is 7.92. The maximum Gasteiger partial charge on any atom is 0.239 e. The van der Waals surface area contributed by atoms with Crippen molar-refractivity contribution in [2.75, 3.05) is 13.1 Å². The van der Waals surface area contributed by atoms with Gasteiger partial charge in [0.25, 0.3) is 0 Å². The second-order valence-electron chi connectivity index (χ2n) is 3.93. The molecule has 0 aromatic carbocycles. The Morgan fingerprint density at radius 2 is 2.33 bits per heavy atom. The minimum Gasteiger partial charge on any atom is -0.341 e. The van der Waals surface area contributed by atoms with Gasteiger partial charge in [-0.3, -0.25) is 4.79 Å². The van der Waals surface area contributed by atoms with Gasteiger partial charge in [-0.05, 0) is 18.8 Å². The van der Waals surface area contributed by atoms with Gasteiger partial charge in [-0.1, -0.05) is 13.8 Å². The molecule has 0 aromatic rings. The minimum atomic E-state index is -0.238. The lowest BCUT2D eigenvalue weighted by molar-refractivity contribution is -0.135. The van der Waals surface area contributed by atoms with Crippen LogP contribution < -0.4 is 5.73 Å². The van der Waals surface area contributed by atoms with Crippen LogP contribution in [0.1, 0.15) is 26.7 Å². The van der Waals surface area contributed by atoms with Crippen molar-refractivity contribution in [3.8, 4) is 0 Å². The van der Waals surface area contributed by atoms with E-state index in [9.17, 15) is 4.79 Å². The number of hydrogen-bond donors (Lipinski definition) is 1. The van der Waals surface area contributed by atoms with E-state index in [-0.39, 0.29) is 11.9 Å². The summed E-state index contributed by atoms with van der Waals surface area (Å²) in [7, 11) is 0. The van der Waals surface area contributed by atoms with Crippen LogP contribution >= 0.6 is 0 Å². The van der Waals surface area contributed by atoms with E-state index in [4.69, 9.17) is 5.73 Å². The molecule has 1 heterocycles. The number of piperidine rings is 1. The Morgan fingerprint density at radius 3 is 2.92 bits per heavy atom. The summed E-state index contributed by atoms with van der Waals surface area (Å²) in [5, 5.41) is 0. The van der Waals surface area contributed by atoms with Crippen LogP contribution in [0.2, 0.25) is 0 Å². The predicted octanol–water partition coefficient (Wildman–Crippen LogP) is 0.592. The average Bonchev–Trinajstić information content (AvgIpc) is 1.98. The van der Waals surface area contributed by atoms with Crippen molar-refractivity contribution in [1.29, 1.82) is 0 Å². The van der Waals surface area contributed by atoms with Crippen molar-refractivity contribution in [1.82, 2.24) is 4.90 Å². The molecule has 0 radical (unpaired) electrons. The van der Waals surface area contributed by atoms with E-state index >= 15 is 0 Å². The van der Waals surface area contributed by atoms with Gasteiger partial charge in [0.1, 0.15) is 0 Å². The van der Waals surface area contributed by atoms with Gasteiger partial charge in [-0.2, -0.15) is 0 Å². The lowest BCUT2D eigenvalue weighted by Gasteiger charge is -2.31. The molecule has 0 aliphatic carbocycles. The number of nitrogens with two attached hydrogens (primary N) is 1. The molecule has 1 saturated heterocycles. The summed E-state index contributed by atoms with van der Waals surface area (Å²) in [6.07, 6.45) is 1.91. The third-order valence-electron chi connectivity index (χ3n) is 2.16. The average molecular weight is 170 g/mol. The highest BCUT2D eigenvalue weighted by Crippen LogP contribution is 2.11. The van der Waals surface area contributed by atoms with Crippen molar-refractivity contribution in [3.63, 3.8) is 0 Å². The van der Waals surface area contributed by atoms with Gasteiger partial charge >= 0.3 is 0 Å². The summed E-state index contributed by atoms with van der Waals surface area (Å²) in [5.41, 5.74) is 5.65. The number of nitrogens with zero attached hydrogens (tertiary/aromatic N) is 1. The zero-order chi connectivity index (χ0) is 9.14. The first kappa shape index (κ1) is 9.52. The second kappa shape index (κ2) is 3.90. The molecule has 1 amide bonds. The van der Waals surface area contributed by atoms with E-state index in [1.807, 2.05) is 4.90 Å². The quantitative estimate of drug-likeness (QED) is 0.659. The maximum absolute atomic E-state index is 11.5. The molecule has 0 spiro atoms. The highest BCUT2D eigenvalue weighted by atomic mass is 16.2. The summed E-state index contributed by atoms with van der Waals surface area (Å²) in [4.78, 5) is 13.3. The summed E-state index contributed by atoms with van der Waals surface area (Å²) >= 11 is 0. The molecule has 1 aliphatic rings. The highest BCUT2D eigenvalue weighted by molar-refractivity contribution is 5.82. The van der Waals surface area contributed by atoms with E-state index < -0.39 is 0 Å². The molecule has 3 heteroatoms. The molecule has 1 aliphatic heterocycles. The van der Waals surface area contributed by atoms with E-state index in [2.05, 4.69) is 13.8 Å². The van der Waals surface area contributed by atoms with Crippen molar-refractivity contribution in [3.05, 3.63) is 0 Å². The first-order valence-corrected chi connectivity index (χ1v) is 4.65. The van der Waals surface area contributed by atoms with Crippen molar-refractivity contribution >= 4 is 5.91 Å². The monoisotopic (exact) mass is 170 g/mol. The third-order valence-corrected chi connectivity index (χ3v) is 2.16. The maximum atomic E-state index is 11.5. The number of amides is 1. The standard InChI is InChI=1S/C9H18N2O/c1-7(2)6-11-5-3-4-8(10)9(11)12/h7-8H,3-6,10H2,1-2H3/t8-/m1/s1. The molecule has 12 heavy (non-hydrogen) atoms. The first-order valence-electron chi connectivity index (χ1n) is 4.65. The van der Waals surface area contributed by atoms with Crippen molar-refractivity contribution in [2.24, 2.45) is 11.7 Å². The van der Waals surface area contributed by atoms with Crippen LogP contribution in [-0.2, 0) is 4.79 Å². The van der Waals surface area contributed by atoms with Crippen LogP contribution in [0.15, 0.2) is 0 Å². The largest absolute Gasteiger partial charge is 0.341 e. The normalized spacial score (nSPS) is 25.2. The van der Waals surface area contributed by atoms with E-state index in [1.165, 1.54) is 0 Å². The molecule has 0 unspecified atom stereocenters. The second-order valence-corrected chi connectivity index (χ2v) is 3.93. The Hall–Kier alpha value is -0.570. The topological polar surface area (TPSA) is 46.3 Å². The molecule has 2 N–H and O–H groups in total. The Labute approximate surface area is 73.9 Å². The Kier molecular flexibility index (Phi) is 3.09. The smallest absolute Gasteiger partial charge is 0.239 e. The summed E-state index contributed by atoms with van der Waals surface area (Å²) in [6.45, 7) is 5.98. The molecule has 1 rings (SSSR count). The molecule has 3 nitrogen and oxygen atoms in total. The van der Waals surface area contributed by atoms with Gasteiger partial charge in [-0.15, -0.1) is 0 Å². The van der Waals surface area contributed by atoms with Gasteiger partial charge < -0.3 is 10.6 Å². The summed E-state index contributed by atoms with van der Waals surface area (Å²) in [5.74, 6) is 0.675. The van der Waals surface area contributed by atoms with Gasteiger partial charge in [0.2, 0.25) is 5.91 Å². The van der Waals surface area contributed by atoms with Gasteiger partial charge in [0, 0.05) is 13.1 Å². The van der Waals surface area contributed by atoms with Crippen LogP contribution in [0.3, 0.4) is 0 Å². The van der Waals surface area contributed by atoms with E-state index in [0.29, 0.717) is 5.92 Å². The lowest BCUT2D eigenvalue weighted by Crippen LogP contribution is -2.49. The SMILES string of the molecule is CC(C)CN1CCC[C@@H](N)C1=O. The van der Waals surface area contributed by atoms with E-state index in [1.54, 1.807) is 0 Å². The fourth-order valence-electron chi connectivity index (χ4n) is 1.59. The van der Waals surface area contributed by atoms with Crippen molar-refractivity contribution in [2.45, 2.75) is 32.7 Å². The molecule has 0 saturated carbocycles. The van der Waals surface area contributed by atoms with Gasteiger partial charge in [0.05, 0.1) is 6.04 Å². The molecule has 70 valence electrons. The van der Waals surface area contributed by atoms with Crippen LogP contribution in [0.25, 0.3) is 0 Å². The number of carbonyl (C=O) groups is 1. The van der Waals surface area contributed by atoms with Crippen LogP contribution in [0.5, 0.6) is 0 Å². The molecular weight excluding hydrogens is 152 g/mol. The number of rotatable bonds is 2. The Morgan fingerprint density at radius 1 is 1.67 bits per heavy atom. The molecular formula is C9H18N2O. The molecule has 1 fully saturated rings. The number of hydrogen-bond acceptors (Lipinski definition) is 2. The van der Waals surface area contributed by atoms with Gasteiger partial charge in [0.15, 0.2) is 0 Å². The minimum absolute atomic E-state index is 0.134. The summed E-state index contributed by atoms with van der Waals surface area (Å²) in [6, 6.07) is -0.238. The highest BCUT2D eigenvalue weighted by Gasteiger charge is 2.25. The Bertz CT molecular complexity index is 168. The lowest BCUT2D eigenvalue weighted by atomic mass is 10.0. The first-order chi connectivity index (χ1) is 5.61. The molecule has 1 atom stereocenters. The number of likely N-dealkylation sites (tertiary alicyclic amines) is 1. The van der Waals surface area contributed by atoms with Crippen LogP contribution in [0.4, 0.5) is 0 Å². The summed E-state index contributed by atoms with van der Waals surface area (Å²) < 4.78 is 0. The van der Waals surface area contributed by atoms with Crippen LogP contribution in [0, 0.1) is 5.92 Å². The molecule has 0 aromatic heterocycles. The fourth-order valence-corrected chi connectivity index (χ4v) is 1.59. The Balaban J connectivity index is 2.46. The van der Waals surface area contributed by atoms with Crippen molar-refractivity contribution < 1.29 is 4.79 Å². The van der Waals surface area contributed by atoms with E-state index in [0.717, 1.165) is 25.9 Å². The zero-order valence-corrected chi connectivity index (χ0v) is 7.92. The molecule has 0 bridgehead atoms. The van der Waals surface area contributed by atoms with Gasteiger partial charge in [-0.25, -0.2) is 0 Å². The van der Waals surface area contributed by atoms with Crippen LogP contribution in [-0.4, -0.2) is 29.9 Å². The predicted molar refractivity (Wildman–Crippen MR) is 48.6 cm³/mol. The number of carbonyl (C=O) groups excluding carboxylic acids is 1.